The Labute approximate surface area is 117 Å². The highest BCUT2D eigenvalue weighted by molar-refractivity contribution is 5.93. The minimum absolute atomic E-state index is 0.178. The fourth-order valence-electron chi connectivity index (χ4n) is 1.52. The monoisotopic (exact) mass is 296 g/mol. The Bertz CT molecular complexity index is 659. The molecule has 1 aromatic heterocycles. The summed E-state index contributed by atoms with van der Waals surface area (Å²) in [6, 6.07) is 5.96. The maximum atomic E-state index is 12.4. The third-order valence-corrected chi connectivity index (χ3v) is 2.56. The minimum atomic E-state index is -4.37. The van der Waals surface area contributed by atoms with Crippen LogP contribution in [0.2, 0.25) is 0 Å². The molecule has 0 fully saturated rings. The lowest BCUT2D eigenvalue weighted by molar-refractivity contribution is -0.137. The molecule has 110 valence electrons. The second kappa shape index (κ2) is 5.78. The molecule has 0 radical (unpaired) electrons. The molecule has 1 aromatic carbocycles. The van der Waals surface area contributed by atoms with E-state index in [2.05, 4.69) is 20.7 Å². The zero-order valence-corrected chi connectivity index (χ0v) is 10.9. The Hall–Kier alpha value is -2.64. The van der Waals surface area contributed by atoms with Crippen molar-refractivity contribution in [2.45, 2.75) is 13.1 Å². The van der Waals surface area contributed by atoms with Crippen molar-refractivity contribution in [3.05, 3.63) is 52.8 Å². The molecule has 0 spiro atoms. The summed E-state index contributed by atoms with van der Waals surface area (Å²) in [5.74, 6) is -0.512. The molecule has 2 N–H and O–H groups in total. The van der Waals surface area contributed by atoms with Gasteiger partial charge in [0.25, 0.3) is 5.91 Å². The number of hydrazone groups is 1. The molecular formula is C13H11F3N4O. The van der Waals surface area contributed by atoms with Crippen LogP contribution in [0.25, 0.3) is 0 Å². The van der Waals surface area contributed by atoms with Gasteiger partial charge in [0, 0.05) is 5.69 Å². The Kier molecular flexibility index (Phi) is 4.06. The SMILES string of the molecule is Cc1cc(C(=O)NN=Cc2ccc(C(F)(F)F)cc2)n[nH]1. The van der Waals surface area contributed by atoms with Gasteiger partial charge in [0.2, 0.25) is 0 Å². The van der Waals surface area contributed by atoms with Crippen LogP contribution in [0.5, 0.6) is 0 Å². The van der Waals surface area contributed by atoms with Gasteiger partial charge in [0.1, 0.15) is 0 Å². The van der Waals surface area contributed by atoms with Crippen LogP contribution in [0.3, 0.4) is 0 Å². The molecule has 0 saturated carbocycles. The molecule has 0 aliphatic rings. The van der Waals surface area contributed by atoms with Gasteiger partial charge in [-0.3, -0.25) is 9.89 Å². The number of halogens is 3. The number of amides is 1. The van der Waals surface area contributed by atoms with E-state index in [1.807, 2.05) is 0 Å². The summed E-state index contributed by atoms with van der Waals surface area (Å²) in [4.78, 5) is 11.6. The molecule has 2 aromatic rings. The highest BCUT2D eigenvalue weighted by Crippen LogP contribution is 2.28. The zero-order chi connectivity index (χ0) is 15.5. The van der Waals surface area contributed by atoms with E-state index in [0.717, 1.165) is 17.8 Å². The number of carbonyl (C=O) groups excluding carboxylic acids is 1. The third kappa shape index (κ3) is 3.91. The van der Waals surface area contributed by atoms with Crippen LogP contribution in [0.15, 0.2) is 35.4 Å². The molecule has 0 saturated heterocycles. The summed E-state index contributed by atoms with van der Waals surface area (Å²) in [6.07, 6.45) is -3.13. The van der Waals surface area contributed by atoms with Gasteiger partial charge in [-0.15, -0.1) is 0 Å². The second-order valence-corrected chi connectivity index (χ2v) is 4.26. The smallest absolute Gasteiger partial charge is 0.282 e. The number of aromatic nitrogens is 2. The van der Waals surface area contributed by atoms with E-state index in [1.54, 1.807) is 13.0 Å². The minimum Gasteiger partial charge on any atom is -0.282 e. The van der Waals surface area contributed by atoms with Crippen molar-refractivity contribution in [2.24, 2.45) is 5.10 Å². The number of aryl methyl sites for hydroxylation is 1. The largest absolute Gasteiger partial charge is 0.416 e. The number of hydrogen-bond acceptors (Lipinski definition) is 3. The Balaban J connectivity index is 1.97. The first-order valence-corrected chi connectivity index (χ1v) is 5.89. The molecule has 8 heteroatoms. The third-order valence-electron chi connectivity index (χ3n) is 2.56. The maximum Gasteiger partial charge on any atom is 0.416 e. The van der Waals surface area contributed by atoms with Crippen LogP contribution >= 0.6 is 0 Å². The van der Waals surface area contributed by atoms with Crippen LogP contribution in [-0.2, 0) is 6.18 Å². The first kappa shape index (κ1) is 14.8. The molecule has 21 heavy (non-hydrogen) atoms. The number of nitrogens with one attached hydrogen (secondary N) is 2. The van der Waals surface area contributed by atoms with Crippen molar-refractivity contribution in [3.63, 3.8) is 0 Å². The van der Waals surface area contributed by atoms with Crippen LogP contribution in [-0.4, -0.2) is 22.3 Å². The van der Waals surface area contributed by atoms with Gasteiger partial charge in [-0.25, -0.2) is 5.43 Å². The van der Waals surface area contributed by atoms with Crippen molar-refractivity contribution in [1.82, 2.24) is 15.6 Å². The fraction of sp³-hybridized carbons (Fsp3) is 0.154. The molecule has 1 heterocycles. The van der Waals surface area contributed by atoms with Crippen molar-refractivity contribution >= 4 is 12.1 Å². The molecule has 0 atom stereocenters. The Morgan fingerprint density at radius 2 is 2.00 bits per heavy atom. The molecule has 5 nitrogen and oxygen atoms in total. The summed E-state index contributed by atoms with van der Waals surface area (Å²) in [5.41, 5.74) is 2.83. The summed E-state index contributed by atoms with van der Waals surface area (Å²) in [7, 11) is 0. The van der Waals surface area contributed by atoms with Crippen molar-refractivity contribution in [2.75, 3.05) is 0 Å². The van der Waals surface area contributed by atoms with Crippen molar-refractivity contribution in [1.29, 1.82) is 0 Å². The van der Waals surface area contributed by atoms with Crippen LogP contribution < -0.4 is 5.43 Å². The predicted octanol–water partition coefficient (Wildman–Crippen LogP) is 2.50. The number of aromatic amines is 1. The number of benzene rings is 1. The van der Waals surface area contributed by atoms with Crippen molar-refractivity contribution < 1.29 is 18.0 Å². The summed E-state index contributed by atoms with van der Waals surface area (Å²) in [6.45, 7) is 1.75. The van der Waals surface area contributed by atoms with Crippen LogP contribution in [0, 0.1) is 6.92 Å². The number of alkyl halides is 3. The second-order valence-electron chi connectivity index (χ2n) is 4.26. The van der Waals surface area contributed by atoms with E-state index in [1.165, 1.54) is 18.3 Å². The summed E-state index contributed by atoms with van der Waals surface area (Å²) in [5, 5.41) is 10.0. The van der Waals surface area contributed by atoms with E-state index < -0.39 is 17.6 Å². The molecule has 2 rings (SSSR count). The zero-order valence-electron chi connectivity index (χ0n) is 10.9. The van der Waals surface area contributed by atoms with Gasteiger partial charge in [-0.1, -0.05) is 12.1 Å². The normalized spacial score (nSPS) is 11.8. The fourth-order valence-corrected chi connectivity index (χ4v) is 1.52. The molecule has 0 aliphatic heterocycles. The van der Waals surface area contributed by atoms with Gasteiger partial charge >= 0.3 is 6.18 Å². The predicted molar refractivity (Wildman–Crippen MR) is 69.8 cm³/mol. The molecule has 0 bridgehead atoms. The Morgan fingerprint density at radius 1 is 1.33 bits per heavy atom. The average Bonchev–Trinajstić information content (AvgIpc) is 2.85. The Morgan fingerprint density at radius 3 is 2.52 bits per heavy atom. The first-order chi connectivity index (χ1) is 9.86. The summed E-state index contributed by atoms with van der Waals surface area (Å²) >= 11 is 0. The maximum absolute atomic E-state index is 12.4. The number of nitrogens with zero attached hydrogens (tertiary/aromatic N) is 2. The lowest BCUT2D eigenvalue weighted by Gasteiger charge is -2.05. The molecular weight excluding hydrogens is 285 g/mol. The number of H-pyrrole nitrogens is 1. The highest BCUT2D eigenvalue weighted by Gasteiger charge is 2.29. The highest BCUT2D eigenvalue weighted by atomic mass is 19.4. The standard InChI is InChI=1S/C13H11F3N4O/c1-8-6-11(19-18-8)12(21)20-17-7-9-2-4-10(5-3-9)13(14,15)16/h2-7H,1H3,(H,18,19)(H,20,21). The van der Waals surface area contributed by atoms with E-state index in [4.69, 9.17) is 0 Å². The van der Waals surface area contributed by atoms with Crippen molar-refractivity contribution in [3.8, 4) is 0 Å². The van der Waals surface area contributed by atoms with E-state index in [0.29, 0.717) is 5.56 Å². The number of carbonyl (C=O) groups is 1. The topological polar surface area (TPSA) is 70.1 Å². The number of hydrogen-bond donors (Lipinski definition) is 2. The van der Waals surface area contributed by atoms with Gasteiger partial charge in [-0.05, 0) is 30.7 Å². The molecule has 0 aliphatic carbocycles. The van der Waals surface area contributed by atoms with Gasteiger partial charge in [-0.2, -0.15) is 23.4 Å². The lowest BCUT2D eigenvalue weighted by atomic mass is 10.1. The van der Waals surface area contributed by atoms with E-state index >= 15 is 0 Å². The molecule has 1 amide bonds. The van der Waals surface area contributed by atoms with E-state index in [-0.39, 0.29) is 5.69 Å². The van der Waals surface area contributed by atoms with Gasteiger partial charge < -0.3 is 0 Å². The van der Waals surface area contributed by atoms with Gasteiger partial charge in [0.05, 0.1) is 11.8 Å². The first-order valence-electron chi connectivity index (χ1n) is 5.89. The van der Waals surface area contributed by atoms with Gasteiger partial charge in [0.15, 0.2) is 5.69 Å². The lowest BCUT2D eigenvalue weighted by Crippen LogP contribution is -2.18. The van der Waals surface area contributed by atoms with E-state index in [9.17, 15) is 18.0 Å². The quantitative estimate of drug-likeness (QED) is 0.675. The summed E-state index contributed by atoms with van der Waals surface area (Å²) < 4.78 is 37.1. The van der Waals surface area contributed by atoms with Crippen LogP contribution in [0.4, 0.5) is 13.2 Å². The van der Waals surface area contributed by atoms with Crippen LogP contribution in [0.1, 0.15) is 27.3 Å². The molecule has 0 unspecified atom stereocenters. The number of rotatable bonds is 3. The average molecular weight is 296 g/mol.